The molecule has 0 atom stereocenters. The Labute approximate surface area is 131 Å². The number of rotatable bonds is 4. The number of hydrogen-bond donors (Lipinski definition) is 2. The standard InChI is InChI=1S/C15H14N2O2.Pt/c18-14-7-3-1-5-12(14)9-16-11-17-10-13-6-2-4-8-15(13)19;/h1-10,18-19H,11H2;/b16-9+,17-10+;. The normalized spacial score (nSPS) is 10.8. The second-order valence-electron chi connectivity index (χ2n) is 3.88. The molecule has 0 spiro atoms. The Bertz CT molecular complexity index is 559. The van der Waals surface area contributed by atoms with Crippen LogP contribution < -0.4 is 0 Å². The van der Waals surface area contributed by atoms with E-state index in [2.05, 4.69) is 9.98 Å². The van der Waals surface area contributed by atoms with Crippen molar-refractivity contribution in [3.63, 3.8) is 0 Å². The van der Waals surface area contributed by atoms with Gasteiger partial charge < -0.3 is 10.2 Å². The van der Waals surface area contributed by atoms with Crippen molar-refractivity contribution in [1.82, 2.24) is 0 Å². The average molecular weight is 449 g/mol. The third-order valence-electron chi connectivity index (χ3n) is 2.50. The minimum atomic E-state index is 0. The molecular weight excluding hydrogens is 435 g/mol. The zero-order valence-electron chi connectivity index (χ0n) is 10.6. The van der Waals surface area contributed by atoms with Gasteiger partial charge in [0.25, 0.3) is 0 Å². The van der Waals surface area contributed by atoms with Crippen molar-refractivity contribution in [1.29, 1.82) is 0 Å². The van der Waals surface area contributed by atoms with E-state index in [0.29, 0.717) is 11.1 Å². The number of hydrogen-bond acceptors (Lipinski definition) is 4. The summed E-state index contributed by atoms with van der Waals surface area (Å²) in [5, 5.41) is 19.0. The summed E-state index contributed by atoms with van der Waals surface area (Å²) in [5.41, 5.74) is 1.31. The molecule has 4 nitrogen and oxygen atoms in total. The van der Waals surface area contributed by atoms with Gasteiger partial charge in [-0.1, -0.05) is 24.3 Å². The van der Waals surface area contributed by atoms with Gasteiger partial charge in [-0.15, -0.1) is 0 Å². The van der Waals surface area contributed by atoms with Gasteiger partial charge in [-0.2, -0.15) is 0 Å². The number of benzene rings is 2. The van der Waals surface area contributed by atoms with E-state index in [9.17, 15) is 10.2 Å². The summed E-state index contributed by atoms with van der Waals surface area (Å²) in [5.74, 6) is 0.381. The summed E-state index contributed by atoms with van der Waals surface area (Å²) < 4.78 is 0. The van der Waals surface area contributed by atoms with Crippen LogP contribution in [-0.4, -0.2) is 29.3 Å². The molecule has 0 unspecified atom stereocenters. The molecule has 0 fully saturated rings. The molecule has 0 aliphatic carbocycles. The van der Waals surface area contributed by atoms with E-state index >= 15 is 0 Å². The van der Waals surface area contributed by atoms with Crippen molar-refractivity contribution in [3.8, 4) is 11.5 Å². The van der Waals surface area contributed by atoms with Crippen LogP contribution in [0.3, 0.4) is 0 Å². The predicted molar refractivity (Wildman–Crippen MR) is 76.3 cm³/mol. The van der Waals surface area contributed by atoms with Gasteiger partial charge in [0.2, 0.25) is 0 Å². The minimum absolute atomic E-state index is 0. The fourth-order valence-corrected chi connectivity index (χ4v) is 1.52. The van der Waals surface area contributed by atoms with E-state index in [1.807, 2.05) is 12.1 Å². The summed E-state index contributed by atoms with van der Waals surface area (Å²) >= 11 is 0. The van der Waals surface area contributed by atoms with E-state index in [0.717, 1.165) is 0 Å². The molecular formula is C15H14N2O2Pt. The van der Waals surface area contributed by atoms with Crippen molar-refractivity contribution >= 4 is 12.4 Å². The number of aromatic hydroxyl groups is 2. The Morgan fingerprint density at radius 2 is 1.15 bits per heavy atom. The van der Waals surface area contributed by atoms with Crippen LogP contribution in [0.2, 0.25) is 0 Å². The Balaban J connectivity index is 0.00000200. The van der Waals surface area contributed by atoms with Crippen LogP contribution >= 0.6 is 0 Å². The van der Waals surface area contributed by atoms with Gasteiger partial charge in [0, 0.05) is 44.6 Å². The van der Waals surface area contributed by atoms with Crippen LogP contribution in [0.1, 0.15) is 11.1 Å². The Morgan fingerprint density at radius 1 is 0.750 bits per heavy atom. The number of phenols is 2. The fourth-order valence-electron chi connectivity index (χ4n) is 1.52. The third-order valence-corrected chi connectivity index (χ3v) is 2.50. The molecule has 2 N–H and O–H groups in total. The first-order valence-electron chi connectivity index (χ1n) is 5.83. The number of para-hydroxylation sites is 2. The molecule has 106 valence electrons. The molecule has 20 heavy (non-hydrogen) atoms. The van der Waals surface area contributed by atoms with E-state index in [4.69, 9.17) is 0 Å². The molecule has 5 heteroatoms. The SMILES string of the molecule is Oc1ccccc1/C=N/C/N=C/c1ccccc1O.[Pt]. The van der Waals surface area contributed by atoms with Crippen LogP contribution in [0.5, 0.6) is 11.5 Å². The predicted octanol–water partition coefficient (Wildman–Crippen LogP) is 2.59. The maximum Gasteiger partial charge on any atom is 0.129 e. The molecule has 2 aromatic carbocycles. The van der Waals surface area contributed by atoms with E-state index < -0.39 is 0 Å². The molecule has 0 radical (unpaired) electrons. The molecule has 0 saturated heterocycles. The number of aliphatic imine (C=N–C) groups is 2. The first-order valence-corrected chi connectivity index (χ1v) is 5.83. The van der Waals surface area contributed by atoms with Gasteiger partial charge in [-0.3, -0.25) is 9.98 Å². The zero-order chi connectivity index (χ0) is 13.5. The largest absolute Gasteiger partial charge is 0.507 e. The van der Waals surface area contributed by atoms with Gasteiger partial charge in [-0.05, 0) is 24.3 Å². The van der Waals surface area contributed by atoms with E-state index in [1.165, 1.54) is 0 Å². The van der Waals surface area contributed by atoms with Crippen LogP contribution in [0, 0.1) is 0 Å². The summed E-state index contributed by atoms with van der Waals surface area (Å²) in [6.45, 7) is 0.239. The van der Waals surface area contributed by atoms with E-state index in [-0.39, 0.29) is 39.2 Å². The van der Waals surface area contributed by atoms with E-state index in [1.54, 1.807) is 48.8 Å². The van der Waals surface area contributed by atoms with Gasteiger partial charge in [0.15, 0.2) is 0 Å². The maximum absolute atomic E-state index is 9.52. The first kappa shape index (κ1) is 16.1. The third kappa shape index (κ3) is 4.63. The van der Waals surface area contributed by atoms with Crippen LogP contribution in [0.15, 0.2) is 58.5 Å². The zero-order valence-corrected chi connectivity index (χ0v) is 12.9. The topological polar surface area (TPSA) is 65.2 Å². The maximum atomic E-state index is 9.52. The summed E-state index contributed by atoms with van der Waals surface area (Å²) in [6.07, 6.45) is 3.13. The van der Waals surface area contributed by atoms with Crippen LogP contribution in [0.4, 0.5) is 0 Å². The number of phenolic OH excluding ortho intramolecular Hbond substituents is 2. The number of nitrogens with zero attached hydrogens (tertiary/aromatic N) is 2. The van der Waals surface area contributed by atoms with Crippen molar-refractivity contribution < 1.29 is 31.3 Å². The summed E-state index contributed by atoms with van der Waals surface area (Å²) in [7, 11) is 0. The molecule has 0 saturated carbocycles. The molecule has 2 rings (SSSR count). The first-order chi connectivity index (χ1) is 9.27. The van der Waals surface area contributed by atoms with Gasteiger partial charge in [0.1, 0.15) is 18.2 Å². The Hall–Kier alpha value is -1.93. The van der Waals surface area contributed by atoms with Gasteiger partial charge >= 0.3 is 0 Å². The monoisotopic (exact) mass is 449 g/mol. The average Bonchev–Trinajstić information content (AvgIpc) is 2.42. The smallest absolute Gasteiger partial charge is 0.129 e. The fraction of sp³-hybridized carbons (Fsp3) is 0.0667. The Kier molecular flexibility index (Phi) is 6.68. The van der Waals surface area contributed by atoms with Crippen LogP contribution in [-0.2, 0) is 21.1 Å². The van der Waals surface area contributed by atoms with Crippen molar-refractivity contribution in [2.45, 2.75) is 0 Å². The Morgan fingerprint density at radius 3 is 1.55 bits per heavy atom. The second-order valence-corrected chi connectivity index (χ2v) is 3.88. The summed E-state index contributed by atoms with van der Waals surface area (Å²) in [4.78, 5) is 8.17. The molecule has 2 aromatic rings. The van der Waals surface area contributed by atoms with Crippen molar-refractivity contribution in [3.05, 3.63) is 59.7 Å². The van der Waals surface area contributed by atoms with Crippen LogP contribution in [0.25, 0.3) is 0 Å². The van der Waals surface area contributed by atoms with Crippen molar-refractivity contribution in [2.24, 2.45) is 9.98 Å². The molecule has 0 aliphatic rings. The molecule has 0 heterocycles. The minimum Gasteiger partial charge on any atom is -0.507 e. The van der Waals surface area contributed by atoms with Gasteiger partial charge in [-0.25, -0.2) is 0 Å². The molecule has 0 aliphatic heterocycles. The second kappa shape index (κ2) is 8.28. The molecule has 0 bridgehead atoms. The molecule has 0 aromatic heterocycles. The van der Waals surface area contributed by atoms with Gasteiger partial charge in [0.05, 0.1) is 0 Å². The molecule has 0 amide bonds. The quantitative estimate of drug-likeness (QED) is 0.705. The van der Waals surface area contributed by atoms with Crippen molar-refractivity contribution in [2.75, 3.05) is 6.67 Å². The summed E-state index contributed by atoms with van der Waals surface area (Å²) in [6, 6.07) is 13.9.